The van der Waals surface area contributed by atoms with Crippen molar-refractivity contribution in [3.8, 4) is 0 Å². The van der Waals surface area contributed by atoms with Gasteiger partial charge in [-0.15, -0.1) is 0 Å². The highest BCUT2D eigenvalue weighted by Gasteiger charge is 2.22. The third kappa shape index (κ3) is 6.51. The van der Waals surface area contributed by atoms with Gasteiger partial charge in [-0.25, -0.2) is 13.1 Å². The maximum atomic E-state index is 11.0. The summed E-state index contributed by atoms with van der Waals surface area (Å²) in [7, 11) is 0.197. The number of rotatable bonds is 6. The minimum absolute atomic E-state index is 0.0291. The summed E-state index contributed by atoms with van der Waals surface area (Å²) in [4.78, 5) is 6.28. The Kier molecular flexibility index (Phi) is 7.20. The first kappa shape index (κ1) is 17.2. The molecule has 2 N–H and O–H groups in total. The molecule has 0 aliphatic carbocycles. The Hall–Kier alpha value is -0.900. The second kappa shape index (κ2) is 8.40. The summed E-state index contributed by atoms with van der Waals surface area (Å²) in [6.07, 6.45) is 1.17. The van der Waals surface area contributed by atoms with Crippen LogP contribution < -0.4 is 10.0 Å². The van der Waals surface area contributed by atoms with Crippen molar-refractivity contribution in [3.63, 3.8) is 0 Å². The van der Waals surface area contributed by atoms with Crippen LogP contribution in [0, 0.1) is 0 Å². The lowest BCUT2D eigenvalue weighted by molar-refractivity contribution is -0.0447. The molecule has 0 saturated carbocycles. The van der Waals surface area contributed by atoms with Crippen LogP contribution >= 0.6 is 0 Å². The molecule has 1 unspecified atom stereocenters. The number of hydrogen-bond acceptors (Lipinski definition) is 5. The highest BCUT2D eigenvalue weighted by molar-refractivity contribution is 7.88. The van der Waals surface area contributed by atoms with Crippen molar-refractivity contribution >= 4 is 16.0 Å². The van der Waals surface area contributed by atoms with Gasteiger partial charge in [0.15, 0.2) is 5.96 Å². The van der Waals surface area contributed by atoms with Gasteiger partial charge < -0.3 is 19.7 Å². The van der Waals surface area contributed by atoms with Crippen molar-refractivity contribution in [2.45, 2.75) is 6.10 Å². The van der Waals surface area contributed by atoms with Gasteiger partial charge in [-0.2, -0.15) is 0 Å². The predicted molar refractivity (Wildman–Crippen MR) is 77.4 cm³/mol. The van der Waals surface area contributed by atoms with E-state index >= 15 is 0 Å². The van der Waals surface area contributed by atoms with Gasteiger partial charge in [0.2, 0.25) is 10.0 Å². The van der Waals surface area contributed by atoms with Crippen molar-refractivity contribution in [2.75, 3.05) is 59.8 Å². The van der Waals surface area contributed by atoms with Crippen molar-refractivity contribution in [2.24, 2.45) is 4.99 Å². The van der Waals surface area contributed by atoms with Crippen LogP contribution in [0.3, 0.4) is 0 Å². The molecule has 8 nitrogen and oxygen atoms in total. The Morgan fingerprint density at radius 1 is 1.50 bits per heavy atom. The van der Waals surface area contributed by atoms with E-state index in [0.717, 1.165) is 18.8 Å². The van der Waals surface area contributed by atoms with Crippen molar-refractivity contribution < 1.29 is 17.9 Å². The molecular formula is C11H24N4O4S. The quantitative estimate of drug-likeness (QED) is 0.351. The first-order valence-corrected chi connectivity index (χ1v) is 8.36. The van der Waals surface area contributed by atoms with E-state index in [-0.39, 0.29) is 6.10 Å². The third-order valence-corrected chi connectivity index (χ3v) is 3.50. The van der Waals surface area contributed by atoms with Crippen LogP contribution in [0.15, 0.2) is 4.99 Å². The Morgan fingerprint density at radius 3 is 2.85 bits per heavy atom. The first-order chi connectivity index (χ1) is 9.46. The molecule has 118 valence electrons. The molecule has 1 aliphatic heterocycles. The van der Waals surface area contributed by atoms with Crippen molar-refractivity contribution in [1.82, 2.24) is 14.9 Å². The van der Waals surface area contributed by atoms with Gasteiger partial charge in [0.05, 0.1) is 25.6 Å². The molecule has 1 rings (SSSR count). The molecule has 20 heavy (non-hydrogen) atoms. The molecule has 0 aromatic heterocycles. The number of methoxy groups -OCH3 is 1. The van der Waals surface area contributed by atoms with Gasteiger partial charge in [-0.3, -0.25) is 4.99 Å². The Bertz CT molecular complexity index is 411. The predicted octanol–water partition coefficient (Wildman–Crippen LogP) is -1.54. The molecule has 1 heterocycles. The van der Waals surface area contributed by atoms with Gasteiger partial charge in [0.25, 0.3) is 0 Å². The standard InChI is InChI=1S/C11H24N4O4S/c1-12-11(13-4-5-14-20(3,16)17)15-6-7-19-10(8-15)9-18-2/h10,14H,4-9H2,1-3H3,(H,12,13). The molecule has 1 saturated heterocycles. The molecule has 0 radical (unpaired) electrons. The summed E-state index contributed by atoms with van der Waals surface area (Å²) in [5.74, 6) is 0.740. The fourth-order valence-corrected chi connectivity index (χ4v) is 2.41. The van der Waals surface area contributed by atoms with Crippen LogP contribution in [0.4, 0.5) is 0 Å². The molecule has 1 aliphatic rings. The van der Waals surface area contributed by atoms with E-state index in [1.165, 1.54) is 0 Å². The number of aliphatic imine (C=N–C) groups is 1. The number of ether oxygens (including phenoxy) is 2. The molecule has 1 atom stereocenters. The van der Waals surface area contributed by atoms with E-state index in [9.17, 15) is 8.42 Å². The molecule has 9 heteroatoms. The Labute approximate surface area is 120 Å². The van der Waals surface area contributed by atoms with Crippen LogP contribution in [0.25, 0.3) is 0 Å². The van der Waals surface area contributed by atoms with E-state index in [0.29, 0.717) is 32.8 Å². The van der Waals surface area contributed by atoms with Gasteiger partial charge in [-0.05, 0) is 0 Å². The molecule has 1 fully saturated rings. The summed E-state index contributed by atoms with van der Waals surface area (Å²) >= 11 is 0. The highest BCUT2D eigenvalue weighted by atomic mass is 32.2. The zero-order chi connectivity index (χ0) is 15.0. The zero-order valence-electron chi connectivity index (χ0n) is 12.3. The van der Waals surface area contributed by atoms with E-state index in [4.69, 9.17) is 9.47 Å². The summed E-state index contributed by atoms with van der Waals surface area (Å²) in [6, 6.07) is 0. The van der Waals surface area contributed by atoms with Crippen molar-refractivity contribution in [1.29, 1.82) is 0 Å². The van der Waals surface area contributed by atoms with E-state index in [1.807, 2.05) is 0 Å². The number of guanidine groups is 1. The first-order valence-electron chi connectivity index (χ1n) is 6.47. The maximum Gasteiger partial charge on any atom is 0.208 e. The lowest BCUT2D eigenvalue weighted by atomic mass is 10.3. The van der Waals surface area contributed by atoms with Gasteiger partial charge in [-0.1, -0.05) is 0 Å². The average Bonchev–Trinajstić information content (AvgIpc) is 2.38. The normalized spacial score (nSPS) is 21.1. The second-order valence-electron chi connectivity index (χ2n) is 4.53. The Balaban J connectivity index is 2.38. The van der Waals surface area contributed by atoms with Crippen LogP contribution in [-0.2, 0) is 19.5 Å². The van der Waals surface area contributed by atoms with E-state index in [1.54, 1.807) is 14.2 Å². The molecule has 0 amide bonds. The fourth-order valence-electron chi connectivity index (χ4n) is 1.94. The van der Waals surface area contributed by atoms with E-state index in [2.05, 4.69) is 19.9 Å². The number of nitrogens with zero attached hydrogens (tertiary/aromatic N) is 2. The molecular weight excluding hydrogens is 284 g/mol. The lowest BCUT2D eigenvalue weighted by Gasteiger charge is -2.34. The minimum atomic E-state index is -3.15. The molecule has 0 aromatic carbocycles. The molecule has 0 spiro atoms. The van der Waals surface area contributed by atoms with Crippen LogP contribution in [0.2, 0.25) is 0 Å². The largest absolute Gasteiger partial charge is 0.382 e. The second-order valence-corrected chi connectivity index (χ2v) is 6.37. The number of sulfonamides is 1. The summed E-state index contributed by atoms with van der Waals surface area (Å²) < 4.78 is 35.0. The number of morpholine rings is 1. The van der Waals surface area contributed by atoms with Gasteiger partial charge in [0, 0.05) is 40.3 Å². The smallest absolute Gasteiger partial charge is 0.208 e. The minimum Gasteiger partial charge on any atom is -0.382 e. The van der Waals surface area contributed by atoms with Gasteiger partial charge in [0.1, 0.15) is 0 Å². The maximum absolute atomic E-state index is 11.0. The number of nitrogens with one attached hydrogen (secondary N) is 2. The van der Waals surface area contributed by atoms with E-state index < -0.39 is 10.0 Å². The molecule has 0 aromatic rings. The summed E-state index contributed by atoms with van der Waals surface area (Å²) in [6.45, 7) is 3.42. The topological polar surface area (TPSA) is 92.3 Å². The van der Waals surface area contributed by atoms with Gasteiger partial charge >= 0.3 is 0 Å². The van der Waals surface area contributed by atoms with Crippen molar-refractivity contribution in [3.05, 3.63) is 0 Å². The SMILES string of the molecule is CN=C(NCCNS(C)(=O)=O)N1CCOC(COC)C1. The monoisotopic (exact) mass is 308 g/mol. The van der Waals surface area contributed by atoms with Crippen LogP contribution in [0.5, 0.6) is 0 Å². The average molecular weight is 308 g/mol. The fraction of sp³-hybridized carbons (Fsp3) is 0.909. The Morgan fingerprint density at radius 2 is 2.25 bits per heavy atom. The zero-order valence-corrected chi connectivity index (χ0v) is 13.1. The number of hydrogen-bond donors (Lipinski definition) is 2. The third-order valence-electron chi connectivity index (χ3n) is 2.78. The van der Waals surface area contributed by atoms with Crippen LogP contribution in [-0.4, -0.2) is 85.2 Å². The molecule has 0 bridgehead atoms. The summed E-state index contributed by atoms with van der Waals surface area (Å²) in [5, 5.41) is 3.13. The summed E-state index contributed by atoms with van der Waals surface area (Å²) in [5.41, 5.74) is 0. The lowest BCUT2D eigenvalue weighted by Crippen LogP contribution is -2.52. The van der Waals surface area contributed by atoms with Crippen LogP contribution in [0.1, 0.15) is 0 Å². The highest BCUT2D eigenvalue weighted by Crippen LogP contribution is 2.05.